The Bertz CT molecular complexity index is 1230. The van der Waals surface area contributed by atoms with Crippen LogP contribution in [0.4, 0.5) is 11.4 Å². The van der Waals surface area contributed by atoms with Crippen LogP contribution in [0.3, 0.4) is 0 Å². The highest BCUT2D eigenvalue weighted by Crippen LogP contribution is 2.64. The van der Waals surface area contributed by atoms with Crippen molar-refractivity contribution in [2.75, 3.05) is 49.1 Å². The largest absolute Gasteiger partial charge is 0.394 e. The van der Waals surface area contributed by atoms with Crippen LogP contribution in [-0.2, 0) is 19.1 Å². The lowest BCUT2D eigenvalue weighted by molar-refractivity contribution is -0.152. The molecule has 9 heteroatoms. The summed E-state index contributed by atoms with van der Waals surface area (Å²) in [6, 6.07) is 6.25. The van der Waals surface area contributed by atoms with Gasteiger partial charge in [0.15, 0.2) is 0 Å². The predicted octanol–water partition coefficient (Wildman–Crippen LogP) is 4.26. The van der Waals surface area contributed by atoms with Crippen LogP contribution in [0.5, 0.6) is 0 Å². The Morgan fingerprint density at radius 1 is 1.05 bits per heavy atom. The lowest BCUT2D eigenvalue weighted by Crippen LogP contribution is -2.60. The van der Waals surface area contributed by atoms with E-state index in [1.807, 2.05) is 52.0 Å². The molecule has 1 spiro atoms. The van der Waals surface area contributed by atoms with Gasteiger partial charge >= 0.3 is 0 Å². The highest BCUT2D eigenvalue weighted by molar-refractivity contribution is 6.05. The Hall–Kier alpha value is -3.17. The number of rotatable bonds is 15. The standard InChI is InChI=1S/C35H52N4O5/c1-9-20-37(21-10-2)31(41)28-29-32(42)39(27(23-40)24(6)7)30(35(29)19-18-34(28,8)44-35)33(43)38(22-11-3)26-16-14-25(15-17-26)36(12-4)13-5/h9,11,14-17,24,27-30,40H,1,3,10,12-13,18-23H2,2,4-8H3/t27-,28+,29-,30?,34-,35?/m0/s1. The smallest absolute Gasteiger partial charge is 0.253 e. The zero-order valence-corrected chi connectivity index (χ0v) is 27.5. The van der Waals surface area contributed by atoms with Crippen molar-refractivity contribution in [3.63, 3.8) is 0 Å². The summed E-state index contributed by atoms with van der Waals surface area (Å²) in [6.45, 7) is 22.3. The number of carbonyl (C=O) groups is 3. The van der Waals surface area contributed by atoms with Crippen molar-refractivity contribution < 1.29 is 24.2 Å². The first-order valence-corrected chi connectivity index (χ1v) is 16.3. The summed E-state index contributed by atoms with van der Waals surface area (Å²) in [4.78, 5) is 51.0. The maximum atomic E-state index is 14.9. The first-order chi connectivity index (χ1) is 21.0. The van der Waals surface area contributed by atoms with E-state index in [0.717, 1.165) is 25.2 Å². The van der Waals surface area contributed by atoms with E-state index in [1.165, 1.54) is 0 Å². The van der Waals surface area contributed by atoms with Gasteiger partial charge in [-0.05, 0) is 70.2 Å². The first-order valence-electron chi connectivity index (χ1n) is 16.3. The van der Waals surface area contributed by atoms with Crippen molar-refractivity contribution in [3.05, 3.63) is 49.6 Å². The molecule has 0 aliphatic carbocycles. The van der Waals surface area contributed by atoms with E-state index in [-0.39, 0.29) is 36.8 Å². The molecule has 0 aromatic heterocycles. The second-order valence-corrected chi connectivity index (χ2v) is 13.0. The molecule has 2 unspecified atom stereocenters. The van der Waals surface area contributed by atoms with Gasteiger partial charge in [-0.1, -0.05) is 32.9 Å². The third-order valence-electron chi connectivity index (χ3n) is 10.1. The molecule has 3 heterocycles. The molecule has 3 saturated heterocycles. The number of fused-ring (bicyclic) bond motifs is 1. The number of nitrogens with zero attached hydrogens (tertiary/aromatic N) is 4. The van der Waals surface area contributed by atoms with Crippen molar-refractivity contribution in [1.82, 2.24) is 9.80 Å². The van der Waals surface area contributed by atoms with Gasteiger partial charge in [0.1, 0.15) is 11.6 Å². The molecular formula is C35H52N4O5. The maximum Gasteiger partial charge on any atom is 0.253 e. The van der Waals surface area contributed by atoms with Crippen LogP contribution in [0.2, 0.25) is 0 Å². The molecule has 3 amide bonds. The van der Waals surface area contributed by atoms with Gasteiger partial charge in [-0.3, -0.25) is 14.4 Å². The summed E-state index contributed by atoms with van der Waals surface area (Å²) in [5, 5.41) is 10.6. The molecule has 3 aliphatic heterocycles. The minimum atomic E-state index is -1.18. The molecule has 6 atom stereocenters. The van der Waals surface area contributed by atoms with E-state index < -0.39 is 35.1 Å². The summed E-state index contributed by atoms with van der Waals surface area (Å²) in [7, 11) is 0. The minimum Gasteiger partial charge on any atom is -0.394 e. The van der Waals surface area contributed by atoms with Crippen LogP contribution in [-0.4, -0.2) is 95.2 Å². The average Bonchev–Trinajstić information content (AvgIpc) is 3.57. The van der Waals surface area contributed by atoms with Crippen LogP contribution in [0.1, 0.15) is 60.8 Å². The summed E-state index contributed by atoms with van der Waals surface area (Å²) in [6.07, 6.45) is 5.19. The Kier molecular flexibility index (Phi) is 10.3. The van der Waals surface area contributed by atoms with Gasteiger partial charge in [0.2, 0.25) is 11.8 Å². The van der Waals surface area contributed by atoms with Gasteiger partial charge in [-0.15, -0.1) is 13.2 Å². The number of likely N-dealkylation sites (tertiary alicyclic amines) is 1. The Balaban J connectivity index is 1.83. The number of aliphatic hydroxyl groups is 1. The van der Waals surface area contributed by atoms with Crippen LogP contribution in [0.25, 0.3) is 0 Å². The van der Waals surface area contributed by atoms with E-state index >= 15 is 0 Å². The molecule has 3 aliphatic rings. The van der Waals surface area contributed by atoms with Crippen molar-refractivity contribution in [2.45, 2.75) is 84.1 Å². The SMILES string of the molecule is C=CCN(CCC)C(=O)[C@H]1[C@H]2C(=O)N([C@@H](CO)C(C)C)C(C(=O)N(CC=C)c3ccc(N(CC)CC)cc3)C23CC[C@]1(C)O3. The normalized spacial score (nSPS) is 27.8. The lowest BCUT2D eigenvalue weighted by atomic mass is 9.66. The fraction of sp³-hybridized carbons (Fsp3) is 0.629. The van der Waals surface area contributed by atoms with Gasteiger partial charge in [-0.25, -0.2) is 0 Å². The lowest BCUT2D eigenvalue weighted by Gasteiger charge is -2.40. The zero-order valence-electron chi connectivity index (χ0n) is 27.5. The molecule has 1 aromatic rings. The third kappa shape index (κ3) is 5.47. The van der Waals surface area contributed by atoms with Crippen molar-refractivity contribution in [2.24, 2.45) is 17.8 Å². The van der Waals surface area contributed by atoms with Crippen molar-refractivity contribution in [3.8, 4) is 0 Å². The molecule has 3 fully saturated rings. The average molecular weight is 609 g/mol. The number of carbonyl (C=O) groups excluding carboxylic acids is 3. The van der Waals surface area contributed by atoms with Crippen LogP contribution in [0.15, 0.2) is 49.6 Å². The zero-order chi connectivity index (χ0) is 32.4. The van der Waals surface area contributed by atoms with E-state index in [4.69, 9.17) is 4.74 Å². The van der Waals surface area contributed by atoms with Crippen LogP contribution < -0.4 is 9.80 Å². The quantitative estimate of drug-likeness (QED) is 0.299. The number of ether oxygens (including phenoxy) is 1. The molecule has 44 heavy (non-hydrogen) atoms. The first kappa shape index (κ1) is 33.7. The Labute approximate surface area is 263 Å². The molecule has 242 valence electrons. The number of hydrogen-bond donors (Lipinski definition) is 1. The summed E-state index contributed by atoms with van der Waals surface area (Å²) >= 11 is 0. The monoisotopic (exact) mass is 608 g/mol. The highest BCUT2D eigenvalue weighted by atomic mass is 16.5. The molecule has 9 nitrogen and oxygen atoms in total. The predicted molar refractivity (Wildman–Crippen MR) is 174 cm³/mol. The number of aliphatic hydroxyl groups excluding tert-OH is 1. The van der Waals surface area contributed by atoms with Gasteiger partial charge in [-0.2, -0.15) is 0 Å². The van der Waals surface area contributed by atoms with Crippen molar-refractivity contribution >= 4 is 29.1 Å². The molecular weight excluding hydrogens is 556 g/mol. The van der Waals surface area contributed by atoms with E-state index in [9.17, 15) is 19.5 Å². The van der Waals surface area contributed by atoms with E-state index in [0.29, 0.717) is 31.6 Å². The van der Waals surface area contributed by atoms with Crippen LogP contribution >= 0.6 is 0 Å². The number of amides is 3. The molecule has 1 N–H and O–H groups in total. The molecule has 1 aromatic carbocycles. The fourth-order valence-corrected chi connectivity index (χ4v) is 7.94. The fourth-order valence-electron chi connectivity index (χ4n) is 7.94. The number of anilines is 2. The van der Waals surface area contributed by atoms with Gasteiger partial charge in [0.05, 0.1) is 30.1 Å². The number of hydrogen-bond acceptors (Lipinski definition) is 6. The summed E-state index contributed by atoms with van der Waals surface area (Å²) in [5.74, 6) is -2.40. The summed E-state index contributed by atoms with van der Waals surface area (Å²) in [5.41, 5.74) is -0.312. The topological polar surface area (TPSA) is 93.6 Å². The van der Waals surface area contributed by atoms with Crippen molar-refractivity contribution in [1.29, 1.82) is 0 Å². The van der Waals surface area contributed by atoms with E-state index in [2.05, 4.69) is 31.9 Å². The third-order valence-corrected chi connectivity index (χ3v) is 10.1. The molecule has 0 saturated carbocycles. The van der Waals surface area contributed by atoms with Gasteiger partial charge < -0.3 is 29.4 Å². The second kappa shape index (κ2) is 13.4. The minimum absolute atomic E-state index is 0.130. The number of benzene rings is 1. The van der Waals surface area contributed by atoms with E-state index in [1.54, 1.807) is 26.9 Å². The Morgan fingerprint density at radius 2 is 1.66 bits per heavy atom. The molecule has 0 radical (unpaired) electrons. The Morgan fingerprint density at radius 3 is 2.18 bits per heavy atom. The van der Waals surface area contributed by atoms with Gasteiger partial charge in [0.25, 0.3) is 5.91 Å². The molecule has 4 rings (SSSR count). The highest BCUT2D eigenvalue weighted by Gasteiger charge is 2.79. The van der Waals surface area contributed by atoms with Crippen LogP contribution in [0, 0.1) is 17.8 Å². The maximum absolute atomic E-state index is 14.9. The molecule has 2 bridgehead atoms. The second-order valence-electron chi connectivity index (χ2n) is 13.0. The van der Waals surface area contributed by atoms with Gasteiger partial charge in [0, 0.05) is 44.1 Å². The summed E-state index contributed by atoms with van der Waals surface area (Å²) < 4.78 is 6.87.